The van der Waals surface area contributed by atoms with Crippen molar-refractivity contribution in [2.75, 3.05) is 0 Å². The van der Waals surface area contributed by atoms with Crippen molar-refractivity contribution in [3.63, 3.8) is 0 Å². The molecule has 4 heteroatoms. The van der Waals surface area contributed by atoms with Crippen LogP contribution in [-0.4, -0.2) is 21.1 Å². The number of ether oxygens (including phenoxy) is 1. The number of hydrogen-bond donors (Lipinski definition) is 1. The minimum absolute atomic E-state index is 0.724. The molecule has 8 aromatic carbocycles. The summed E-state index contributed by atoms with van der Waals surface area (Å²) < 4.78 is 7.62. The lowest BCUT2D eigenvalue weighted by Gasteiger charge is -2.48. The molecule has 11 rings (SSSR count). The molecule has 0 spiro atoms. The first-order valence-electron chi connectivity index (χ1n) is 19.8. The van der Waals surface area contributed by atoms with Crippen LogP contribution in [0.3, 0.4) is 0 Å². The van der Waals surface area contributed by atoms with Gasteiger partial charge in [0.15, 0.2) is 8.07 Å². The summed E-state index contributed by atoms with van der Waals surface area (Å²) in [6.07, 6.45) is 0. The van der Waals surface area contributed by atoms with Crippen molar-refractivity contribution >= 4 is 57.9 Å². The van der Waals surface area contributed by atoms with E-state index in [0.29, 0.717) is 0 Å². The van der Waals surface area contributed by atoms with Gasteiger partial charge < -0.3 is 9.72 Å². The maximum atomic E-state index is 7.62. The number of benzene rings is 8. The molecule has 0 atom stereocenters. The predicted octanol–water partition coefficient (Wildman–Crippen LogP) is 6.57. The van der Waals surface area contributed by atoms with Gasteiger partial charge in [-0.2, -0.15) is 0 Å². The second-order valence-corrected chi connectivity index (χ2v) is 22.6. The third-order valence-corrected chi connectivity index (χ3v) is 22.0. The van der Waals surface area contributed by atoms with Crippen molar-refractivity contribution in [3.8, 4) is 11.5 Å². The largest absolute Gasteiger partial charge is 0.456 e. The van der Waals surface area contributed by atoms with Gasteiger partial charge in [0.2, 0.25) is 8.07 Å². The first kappa shape index (κ1) is 33.6. The molecule has 0 aliphatic carbocycles. The molecular weight excluding hydrogens is 723 g/mol. The fourth-order valence-corrected chi connectivity index (χ4v) is 20.6. The Morgan fingerprint density at radius 3 is 1.19 bits per heavy atom. The fraction of sp³-hybridized carbons (Fsp3) is 0.0189. The minimum Gasteiger partial charge on any atom is -0.456 e. The minimum atomic E-state index is -3.13. The zero-order chi connectivity index (χ0) is 37.9. The number of hydrogen-bond acceptors (Lipinski definition) is 1. The molecule has 0 unspecified atom stereocenters. The van der Waals surface area contributed by atoms with E-state index in [-0.39, 0.29) is 0 Å². The molecular formula is C53H39NOSi2. The second-order valence-electron chi connectivity index (χ2n) is 15.2. The topological polar surface area (TPSA) is 25.0 Å². The van der Waals surface area contributed by atoms with E-state index in [4.69, 9.17) is 4.74 Å². The third-order valence-electron chi connectivity index (χ3n) is 12.6. The van der Waals surface area contributed by atoms with Crippen LogP contribution in [0.25, 0.3) is 0 Å². The summed E-state index contributed by atoms with van der Waals surface area (Å²) in [6.45, 7) is 0. The van der Waals surface area contributed by atoms with Gasteiger partial charge in [0.05, 0.1) is 10.7 Å². The molecule has 0 saturated heterocycles. The highest BCUT2D eigenvalue weighted by Gasteiger charge is 2.61. The van der Waals surface area contributed by atoms with E-state index in [1.165, 1.54) is 64.0 Å². The Bertz CT molecular complexity index is 2740. The average molecular weight is 762 g/mol. The summed E-state index contributed by atoms with van der Waals surface area (Å²) in [4.78, 5) is 4.50. The fourth-order valence-electron chi connectivity index (χ4n) is 10.4. The van der Waals surface area contributed by atoms with Crippen LogP contribution < -0.4 is 46.5 Å². The van der Waals surface area contributed by atoms with Crippen LogP contribution in [0.1, 0.15) is 22.3 Å². The quantitative estimate of drug-likeness (QED) is 0.191. The monoisotopic (exact) mass is 761 g/mol. The van der Waals surface area contributed by atoms with Gasteiger partial charge in [-0.25, -0.2) is 0 Å². The number of H-pyrrole nitrogens is 1. The van der Waals surface area contributed by atoms with Crippen LogP contribution in [-0.2, 0) is 5.41 Å². The normalized spacial score (nSPS) is 15.2. The van der Waals surface area contributed by atoms with Gasteiger partial charge in [0.1, 0.15) is 11.5 Å². The summed E-state index contributed by atoms with van der Waals surface area (Å²) in [6, 6.07) is 85.6. The number of aromatic amines is 1. The van der Waals surface area contributed by atoms with Crippen LogP contribution in [0.15, 0.2) is 231 Å². The molecule has 2 aliphatic heterocycles. The SMILES string of the molecule is c1ccc(C2(c3ccccc3)c3ccccc3[Si](c3ccccc3)(c3ccccc3)c3[nH]c4c(c32)Oc2ccccc2[Si]4(c2ccccc2)c2ccccc2)cc1. The molecule has 1 aromatic heterocycles. The van der Waals surface area contributed by atoms with Crippen LogP contribution in [0.2, 0.25) is 0 Å². The second kappa shape index (κ2) is 13.2. The Labute approximate surface area is 335 Å². The zero-order valence-corrected chi connectivity index (χ0v) is 33.3. The molecule has 0 bridgehead atoms. The number of fused-ring (bicyclic) bond motifs is 5. The smallest absolute Gasteiger partial charge is 0.207 e. The summed E-state index contributed by atoms with van der Waals surface area (Å²) in [5, 5.41) is 10.4. The Hall–Kier alpha value is -6.73. The zero-order valence-electron chi connectivity index (χ0n) is 31.3. The molecule has 0 saturated carbocycles. The third kappa shape index (κ3) is 4.57. The molecule has 3 heterocycles. The first-order chi connectivity index (χ1) is 28.3. The van der Waals surface area contributed by atoms with Crippen molar-refractivity contribution in [3.05, 3.63) is 253 Å². The summed E-state index contributed by atoms with van der Waals surface area (Å²) in [7, 11) is -6.21. The highest BCUT2D eigenvalue weighted by Crippen LogP contribution is 2.51. The van der Waals surface area contributed by atoms with Gasteiger partial charge in [-0.15, -0.1) is 0 Å². The molecule has 2 nitrogen and oxygen atoms in total. The Morgan fingerprint density at radius 2 is 0.719 bits per heavy atom. The molecule has 1 N–H and O–H groups in total. The molecule has 57 heavy (non-hydrogen) atoms. The van der Waals surface area contributed by atoms with Crippen LogP contribution in [0.4, 0.5) is 0 Å². The van der Waals surface area contributed by atoms with Crippen molar-refractivity contribution in [1.82, 2.24) is 4.98 Å². The van der Waals surface area contributed by atoms with Crippen molar-refractivity contribution in [1.29, 1.82) is 0 Å². The number of para-hydroxylation sites is 1. The molecule has 0 radical (unpaired) electrons. The van der Waals surface area contributed by atoms with E-state index in [0.717, 1.165) is 11.5 Å². The van der Waals surface area contributed by atoms with E-state index in [1.54, 1.807) is 0 Å². The van der Waals surface area contributed by atoms with Crippen molar-refractivity contribution in [2.45, 2.75) is 5.41 Å². The summed E-state index contributed by atoms with van der Waals surface area (Å²) in [5.74, 6) is 1.88. The van der Waals surface area contributed by atoms with Crippen LogP contribution >= 0.6 is 0 Å². The first-order valence-corrected chi connectivity index (χ1v) is 23.8. The lowest BCUT2D eigenvalue weighted by atomic mass is 9.65. The Balaban J connectivity index is 1.43. The number of nitrogens with one attached hydrogen (secondary N) is 1. The molecule has 270 valence electrons. The number of aromatic nitrogens is 1. The van der Waals surface area contributed by atoms with E-state index in [1.807, 2.05) is 0 Å². The Morgan fingerprint density at radius 1 is 0.351 bits per heavy atom. The average Bonchev–Trinajstić information content (AvgIpc) is 3.69. The lowest BCUT2D eigenvalue weighted by molar-refractivity contribution is 0.475. The molecule has 9 aromatic rings. The van der Waals surface area contributed by atoms with Gasteiger partial charge >= 0.3 is 0 Å². The van der Waals surface area contributed by atoms with Crippen LogP contribution in [0.5, 0.6) is 11.5 Å². The number of rotatable bonds is 6. The van der Waals surface area contributed by atoms with E-state index >= 15 is 0 Å². The maximum absolute atomic E-state index is 7.62. The molecule has 2 aliphatic rings. The van der Waals surface area contributed by atoms with Gasteiger partial charge in [-0.3, -0.25) is 0 Å². The summed E-state index contributed by atoms with van der Waals surface area (Å²) in [5.41, 5.74) is 4.21. The van der Waals surface area contributed by atoms with E-state index < -0.39 is 21.6 Å². The van der Waals surface area contributed by atoms with E-state index in [2.05, 4.69) is 236 Å². The van der Waals surface area contributed by atoms with Gasteiger partial charge in [0.25, 0.3) is 0 Å². The van der Waals surface area contributed by atoms with Gasteiger partial charge in [-0.1, -0.05) is 224 Å². The van der Waals surface area contributed by atoms with E-state index in [9.17, 15) is 0 Å². The molecule has 0 fully saturated rings. The lowest BCUT2D eigenvalue weighted by Crippen LogP contribution is -2.80. The van der Waals surface area contributed by atoms with Crippen molar-refractivity contribution < 1.29 is 4.74 Å². The highest BCUT2D eigenvalue weighted by molar-refractivity contribution is 7.22. The van der Waals surface area contributed by atoms with Crippen LogP contribution in [0, 0.1) is 0 Å². The standard InChI is InChI=1S/C53H39NOSi2/c1-7-23-39(24-8-1)53(40-25-9-2-10-26-40)45-35-19-21-37-47(45)56(41-27-11-3-12-28-41,42-29-13-4-14-30-42)51-49(53)50-52(54-51)57(43-31-15-5-16-32-43,44-33-17-6-18-34-44)48-38-22-20-36-46(48)55-50/h1-38,54H. The van der Waals surface area contributed by atoms with Gasteiger partial charge in [-0.05, 0) is 53.9 Å². The predicted molar refractivity (Wildman–Crippen MR) is 240 cm³/mol. The summed E-state index contributed by atoms with van der Waals surface area (Å²) >= 11 is 0. The Kier molecular flexibility index (Phi) is 7.78. The van der Waals surface area contributed by atoms with Gasteiger partial charge in [0, 0.05) is 10.9 Å². The highest BCUT2D eigenvalue weighted by atomic mass is 28.3. The molecule has 0 amide bonds. The maximum Gasteiger partial charge on any atom is 0.207 e. The van der Waals surface area contributed by atoms with Crippen molar-refractivity contribution in [2.24, 2.45) is 0 Å².